The van der Waals surface area contributed by atoms with Gasteiger partial charge in [-0.05, 0) is 92.3 Å². The molecule has 1 atom stereocenters. The molecule has 0 radical (unpaired) electrons. The summed E-state index contributed by atoms with van der Waals surface area (Å²) in [7, 11) is 1.85. The first-order valence-electron chi connectivity index (χ1n) is 21.4. The summed E-state index contributed by atoms with van der Waals surface area (Å²) >= 11 is 0. The van der Waals surface area contributed by atoms with Gasteiger partial charge in [0.25, 0.3) is 5.91 Å². The van der Waals surface area contributed by atoms with Crippen LogP contribution in [0, 0.1) is 11.3 Å². The predicted octanol–water partition coefficient (Wildman–Crippen LogP) is 4.75. The van der Waals surface area contributed by atoms with Crippen molar-refractivity contribution in [3.8, 4) is 22.9 Å². The van der Waals surface area contributed by atoms with Crippen molar-refractivity contribution in [3.63, 3.8) is 0 Å². The number of hydrogen-bond donors (Lipinski definition) is 2. The fourth-order valence-electron chi connectivity index (χ4n) is 10.1. The fourth-order valence-corrected chi connectivity index (χ4v) is 10.1. The van der Waals surface area contributed by atoms with E-state index in [0.717, 1.165) is 75.8 Å². The molecule has 3 amide bonds. The van der Waals surface area contributed by atoms with Crippen molar-refractivity contribution in [1.29, 1.82) is 0 Å². The Morgan fingerprint density at radius 2 is 1.61 bits per heavy atom. The number of piperidine rings is 4. The summed E-state index contributed by atoms with van der Waals surface area (Å²) in [5.74, 6) is 0.808. The lowest BCUT2D eigenvalue weighted by Crippen LogP contribution is -2.64. The van der Waals surface area contributed by atoms with E-state index in [2.05, 4.69) is 59.6 Å². The number of imide groups is 1. The Labute approximate surface area is 345 Å². The van der Waals surface area contributed by atoms with Crippen molar-refractivity contribution in [1.82, 2.24) is 35.1 Å². The summed E-state index contributed by atoms with van der Waals surface area (Å²) in [4.78, 5) is 47.8. The number of aromatic nitrogens is 4. The number of amides is 3. The molecular weight excluding hydrogens is 747 g/mol. The minimum atomic E-state index is -1.00. The molecule has 14 heteroatoms. The Morgan fingerprint density at radius 3 is 2.31 bits per heavy atom. The number of para-hydroxylation sites is 1. The molecule has 14 nitrogen and oxygen atoms in total. The molecular formula is C45H55N9O5. The van der Waals surface area contributed by atoms with Crippen LogP contribution in [0.2, 0.25) is 0 Å². The van der Waals surface area contributed by atoms with Gasteiger partial charge in [0.05, 0.1) is 23.5 Å². The third kappa shape index (κ3) is 8.24. The summed E-state index contributed by atoms with van der Waals surface area (Å²) in [6.07, 6.45) is 11.2. The highest BCUT2D eigenvalue weighted by atomic mass is 16.5. The molecule has 5 fully saturated rings. The number of phenols is 1. The van der Waals surface area contributed by atoms with E-state index in [1.807, 2.05) is 42.4 Å². The molecule has 0 aliphatic carbocycles. The first-order chi connectivity index (χ1) is 28.6. The van der Waals surface area contributed by atoms with Gasteiger partial charge in [0.2, 0.25) is 17.7 Å². The van der Waals surface area contributed by atoms with Gasteiger partial charge in [-0.2, -0.15) is 10.2 Å². The monoisotopic (exact) mass is 801 g/mol. The van der Waals surface area contributed by atoms with Crippen LogP contribution in [0.5, 0.6) is 11.6 Å². The molecule has 59 heavy (non-hydrogen) atoms. The Hall–Kier alpha value is -5.50. The van der Waals surface area contributed by atoms with Gasteiger partial charge < -0.3 is 29.4 Å². The molecule has 2 aromatic heterocycles. The molecule has 7 heterocycles. The number of aryl methyl sites for hydroxylation is 1. The van der Waals surface area contributed by atoms with Crippen molar-refractivity contribution >= 4 is 29.1 Å². The number of hydrogen-bond acceptors (Lipinski definition) is 11. The van der Waals surface area contributed by atoms with E-state index in [1.165, 1.54) is 24.9 Å². The highest BCUT2D eigenvalue weighted by molar-refractivity contribution is 6.01. The normalized spacial score (nSPS) is 22.3. The van der Waals surface area contributed by atoms with Gasteiger partial charge in [0.15, 0.2) is 5.60 Å². The Balaban J connectivity index is 0.745. The maximum absolute atomic E-state index is 14.5. The zero-order chi connectivity index (χ0) is 40.6. The number of benzene rings is 2. The maximum Gasteiger partial charge on any atom is 0.266 e. The van der Waals surface area contributed by atoms with Gasteiger partial charge in [-0.15, -0.1) is 5.10 Å². The molecule has 5 saturated heterocycles. The van der Waals surface area contributed by atoms with Crippen molar-refractivity contribution in [3.05, 3.63) is 78.6 Å². The number of nitrogens with zero attached hydrogens (tertiary/aromatic N) is 8. The van der Waals surface area contributed by atoms with Gasteiger partial charge in [0, 0.05) is 102 Å². The quantitative estimate of drug-likeness (QED) is 0.214. The fraction of sp³-hybridized carbons (Fsp3) is 0.511. The number of anilines is 2. The smallest absolute Gasteiger partial charge is 0.266 e. The molecule has 1 spiro atoms. The predicted molar refractivity (Wildman–Crippen MR) is 223 cm³/mol. The largest absolute Gasteiger partial charge is 0.507 e. The molecule has 2 N–H and O–H groups in total. The average molecular weight is 802 g/mol. The molecule has 5 aliphatic heterocycles. The van der Waals surface area contributed by atoms with Crippen LogP contribution in [-0.4, -0.2) is 117 Å². The maximum atomic E-state index is 14.5. The van der Waals surface area contributed by atoms with Gasteiger partial charge in [-0.25, -0.2) is 0 Å². The molecule has 0 bridgehead atoms. The lowest BCUT2D eigenvalue weighted by atomic mass is 9.71. The third-order valence-corrected chi connectivity index (χ3v) is 13.7. The summed E-state index contributed by atoms with van der Waals surface area (Å²) < 4.78 is 8.30. The van der Waals surface area contributed by atoms with E-state index in [-0.39, 0.29) is 34.8 Å². The van der Waals surface area contributed by atoms with Crippen LogP contribution in [0.15, 0.2) is 73.1 Å². The summed E-state index contributed by atoms with van der Waals surface area (Å²) in [6, 6.07) is 19.3. The third-order valence-electron chi connectivity index (χ3n) is 13.7. The Kier molecular flexibility index (Phi) is 10.8. The van der Waals surface area contributed by atoms with E-state index < -0.39 is 5.60 Å². The van der Waals surface area contributed by atoms with E-state index in [9.17, 15) is 19.5 Å². The molecule has 9 rings (SSSR count). The number of phenolic OH excluding ortho intramolecular Hbond substituents is 1. The van der Waals surface area contributed by atoms with Crippen LogP contribution in [-0.2, 0) is 21.4 Å². The number of ether oxygens (including phenoxy) is 1. The first kappa shape index (κ1) is 39.0. The Bertz CT molecular complexity index is 2140. The van der Waals surface area contributed by atoms with Crippen LogP contribution in [0.25, 0.3) is 11.3 Å². The van der Waals surface area contributed by atoms with Crippen molar-refractivity contribution in [2.45, 2.75) is 69.3 Å². The second-order valence-corrected chi connectivity index (χ2v) is 17.5. The van der Waals surface area contributed by atoms with Crippen LogP contribution in [0.4, 0.5) is 11.4 Å². The summed E-state index contributed by atoms with van der Waals surface area (Å²) in [5, 5.41) is 25.9. The lowest BCUT2D eigenvalue weighted by molar-refractivity contribution is -0.155. The number of carbonyl (C=O) groups excluding carboxylic acids is 3. The average Bonchev–Trinajstić information content (AvgIpc) is 3.66. The van der Waals surface area contributed by atoms with Gasteiger partial charge in [-0.3, -0.25) is 24.4 Å². The summed E-state index contributed by atoms with van der Waals surface area (Å²) in [6.45, 7) is 8.15. The standard InChI is InChI=1S/C45H55N9O5/c1-50-20-15-41(49-50)59-45(18-26-53(27-19-45)35-28-38(48-46-29-35)37-4-2-3-5-39(37)55)43(58)54-24-16-44(17-25-54)30-51(31-44)21-12-32-13-22-52(23-14-32)34-8-6-33(7-9-34)36-10-11-40(56)47-42(36)57/h2-9,15,20,28-29,32,36,55H,10-14,16-19,21-27,30-31H2,1H3,(H,47,56,57). The zero-order valence-electron chi connectivity index (χ0n) is 34.0. The second kappa shape index (κ2) is 16.3. The Morgan fingerprint density at radius 1 is 0.881 bits per heavy atom. The van der Waals surface area contributed by atoms with Gasteiger partial charge in [0.1, 0.15) is 5.75 Å². The number of aromatic hydroxyl groups is 1. The molecule has 2 aromatic carbocycles. The van der Waals surface area contributed by atoms with E-state index in [1.54, 1.807) is 23.0 Å². The molecule has 5 aliphatic rings. The van der Waals surface area contributed by atoms with E-state index >= 15 is 0 Å². The highest BCUT2D eigenvalue weighted by Crippen LogP contribution is 2.43. The second-order valence-electron chi connectivity index (χ2n) is 17.5. The summed E-state index contributed by atoms with van der Waals surface area (Å²) in [5.41, 5.74) is 3.60. The number of carbonyl (C=O) groups is 3. The molecule has 4 aromatic rings. The molecule has 1 unspecified atom stereocenters. The highest BCUT2D eigenvalue weighted by Gasteiger charge is 2.50. The van der Waals surface area contributed by atoms with E-state index in [0.29, 0.717) is 55.9 Å². The van der Waals surface area contributed by atoms with Crippen molar-refractivity contribution in [2.24, 2.45) is 18.4 Å². The minimum absolute atomic E-state index is 0.0631. The van der Waals surface area contributed by atoms with Crippen LogP contribution in [0.1, 0.15) is 69.3 Å². The van der Waals surface area contributed by atoms with Crippen molar-refractivity contribution < 1.29 is 24.2 Å². The lowest BCUT2D eigenvalue weighted by Gasteiger charge is -2.55. The SMILES string of the molecule is Cn1ccc(OC2(C(=O)N3CCC4(CC3)CN(CCC3CCN(c5ccc(C6CCC(=O)NC6=O)cc5)CC3)C4)CCN(c3cnnc(-c4ccccc4O)c3)CC2)n1. The number of likely N-dealkylation sites (tertiary alicyclic amines) is 2. The number of rotatable bonds is 10. The van der Waals surface area contributed by atoms with E-state index in [4.69, 9.17) is 4.74 Å². The topological polar surface area (TPSA) is 149 Å². The van der Waals surface area contributed by atoms with Crippen molar-refractivity contribution in [2.75, 3.05) is 68.7 Å². The molecule has 310 valence electrons. The number of nitrogens with one attached hydrogen (secondary N) is 1. The first-order valence-corrected chi connectivity index (χ1v) is 21.4. The van der Waals surface area contributed by atoms with Crippen LogP contribution < -0.4 is 19.9 Å². The van der Waals surface area contributed by atoms with Crippen LogP contribution in [0.3, 0.4) is 0 Å². The van der Waals surface area contributed by atoms with Crippen LogP contribution >= 0.6 is 0 Å². The molecule has 0 saturated carbocycles. The zero-order valence-corrected chi connectivity index (χ0v) is 34.0. The van der Waals surface area contributed by atoms with Gasteiger partial charge in [-0.1, -0.05) is 24.3 Å². The minimum Gasteiger partial charge on any atom is -0.507 e. The van der Waals surface area contributed by atoms with Gasteiger partial charge >= 0.3 is 0 Å².